The topological polar surface area (TPSA) is 50.4 Å². The van der Waals surface area contributed by atoms with E-state index in [1.165, 1.54) is 11.3 Å². The molecule has 0 spiro atoms. The van der Waals surface area contributed by atoms with Crippen molar-refractivity contribution < 1.29 is 9.53 Å². The summed E-state index contributed by atoms with van der Waals surface area (Å²) in [5.41, 5.74) is 0. The van der Waals surface area contributed by atoms with Gasteiger partial charge >= 0.3 is 0 Å². The number of ether oxygens (including phenoxy) is 1. The Morgan fingerprint density at radius 3 is 2.94 bits per heavy atom. The van der Waals surface area contributed by atoms with Crippen LogP contribution in [0.2, 0.25) is 4.34 Å². The van der Waals surface area contributed by atoms with Gasteiger partial charge in [-0.25, -0.2) is 0 Å². The molecule has 0 bridgehead atoms. The predicted molar refractivity (Wildman–Crippen MR) is 78.2 cm³/mol. The number of amides is 1. The highest BCUT2D eigenvalue weighted by Crippen LogP contribution is 2.31. The normalized spacial score (nSPS) is 12.4. The minimum absolute atomic E-state index is 0.0335. The van der Waals surface area contributed by atoms with Crippen LogP contribution in [0.3, 0.4) is 0 Å². The first-order chi connectivity index (χ1) is 8.54. The van der Waals surface area contributed by atoms with Crippen molar-refractivity contribution in [3.63, 3.8) is 0 Å². The lowest BCUT2D eigenvalue weighted by atomic mass is 10.3. The SMILES string of the molecule is COCCNC(=O)C(C)NCc1cc(Br)c(Cl)s1. The van der Waals surface area contributed by atoms with Gasteiger partial charge in [-0.15, -0.1) is 11.3 Å². The molecular weight excluding hydrogens is 340 g/mol. The van der Waals surface area contributed by atoms with Crippen LogP contribution in [-0.2, 0) is 16.1 Å². The molecule has 1 rings (SSSR count). The van der Waals surface area contributed by atoms with Crippen molar-refractivity contribution >= 4 is 44.8 Å². The largest absolute Gasteiger partial charge is 0.383 e. The lowest BCUT2D eigenvalue weighted by Gasteiger charge is -2.13. The first-order valence-electron chi connectivity index (χ1n) is 5.48. The van der Waals surface area contributed by atoms with E-state index in [1.807, 2.05) is 13.0 Å². The first-order valence-corrected chi connectivity index (χ1v) is 7.47. The summed E-state index contributed by atoms with van der Waals surface area (Å²) in [7, 11) is 1.60. The molecule has 1 heterocycles. The second-order valence-corrected chi connectivity index (χ2v) is 6.31. The number of nitrogens with one attached hydrogen (secondary N) is 2. The molecule has 1 unspecified atom stereocenters. The fourth-order valence-electron chi connectivity index (χ4n) is 1.25. The molecule has 0 aromatic carbocycles. The van der Waals surface area contributed by atoms with Crippen LogP contribution >= 0.6 is 38.9 Å². The molecule has 0 aliphatic carbocycles. The summed E-state index contributed by atoms with van der Waals surface area (Å²) < 4.78 is 6.48. The molecule has 1 aromatic rings. The van der Waals surface area contributed by atoms with Crippen molar-refractivity contribution in [2.45, 2.75) is 19.5 Å². The van der Waals surface area contributed by atoms with Crippen molar-refractivity contribution in [1.82, 2.24) is 10.6 Å². The zero-order valence-electron chi connectivity index (χ0n) is 10.3. The minimum atomic E-state index is -0.249. The van der Waals surface area contributed by atoms with E-state index in [0.29, 0.717) is 19.7 Å². The Bertz CT molecular complexity index is 381. The highest BCUT2D eigenvalue weighted by Gasteiger charge is 2.12. The first kappa shape index (κ1) is 15.9. The Hall–Kier alpha value is -0.140. The number of hydrogen-bond acceptors (Lipinski definition) is 4. The highest BCUT2D eigenvalue weighted by molar-refractivity contribution is 9.10. The third-order valence-electron chi connectivity index (χ3n) is 2.28. The van der Waals surface area contributed by atoms with Crippen LogP contribution in [0.25, 0.3) is 0 Å². The van der Waals surface area contributed by atoms with Gasteiger partial charge in [-0.05, 0) is 28.9 Å². The molecular formula is C11H16BrClN2O2S. The van der Waals surface area contributed by atoms with Crippen LogP contribution in [0.15, 0.2) is 10.5 Å². The number of rotatable bonds is 7. The zero-order valence-corrected chi connectivity index (χ0v) is 13.4. The lowest BCUT2D eigenvalue weighted by Crippen LogP contribution is -2.42. The van der Waals surface area contributed by atoms with Gasteiger partial charge in [0.25, 0.3) is 0 Å². The van der Waals surface area contributed by atoms with Crippen molar-refractivity contribution in [3.05, 3.63) is 19.8 Å². The molecule has 1 amide bonds. The van der Waals surface area contributed by atoms with Crippen molar-refractivity contribution in [3.8, 4) is 0 Å². The molecule has 0 aliphatic heterocycles. The Kier molecular flexibility index (Phi) is 7.18. The molecule has 7 heteroatoms. The summed E-state index contributed by atoms with van der Waals surface area (Å²) in [6, 6.07) is 1.71. The minimum Gasteiger partial charge on any atom is -0.383 e. The van der Waals surface area contributed by atoms with Gasteiger partial charge in [0.1, 0.15) is 4.34 Å². The summed E-state index contributed by atoms with van der Waals surface area (Å²) >= 11 is 10.8. The highest BCUT2D eigenvalue weighted by atomic mass is 79.9. The number of carbonyl (C=O) groups excluding carboxylic acids is 1. The van der Waals surface area contributed by atoms with Gasteiger partial charge in [0.2, 0.25) is 5.91 Å². The molecule has 2 N–H and O–H groups in total. The molecule has 0 saturated carbocycles. The van der Waals surface area contributed by atoms with E-state index in [2.05, 4.69) is 26.6 Å². The number of thiophene rings is 1. The number of hydrogen-bond donors (Lipinski definition) is 2. The molecule has 0 aliphatic rings. The number of carbonyl (C=O) groups is 1. The maximum absolute atomic E-state index is 11.7. The van der Waals surface area contributed by atoms with Crippen LogP contribution < -0.4 is 10.6 Å². The molecule has 0 radical (unpaired) electrons. The second-order valence-electron chi connectivity index (χ2n) is 3.72. The Labute approximate surface area is 124 Å². The van der Waals surface area contributed by atoms with Crippen molar-refractivity contribution in [1.29, 1.82) is 0 Å². The van der Waals surface area contributed by atoms with E-state index in [-0.39, 0.29) is 11.9 Å². The molecule has 4 nitrogen and oxygen atoms in total. The smallest absolute Gasteiger partial charge is 0.236 e. The fourth-order valence-corrected chi connectivity index (χ4v) is 3.00. The Morgan fingerprint density at radius 1 is 1.67 bits per heavy atom. The second kappa shape index (κ2) is 8.12. The van der Waals surface area contributed by atoms with Crippen LogP contribution in [0, 0.1) is 0 Å². The number of halogens is 2. The maximum Gasteiger partial charge on any atom is 0.236 e. The lowest BCUT2D eigenvalue weighted by molar-refractivity contribution is -0.122. The predicted octanol–water partition coefficient (Wildman–Crippen LogP) is 2.40. The Balaban J connectivity index is 2.31. The molecule has 1 aromatic heterocycles. The molecule has 0 fully saturated rings. The average Bonchev–Trinajstić information content (AvgIpc) is 2.66. The summed E-state index contributed by atoms with van der Waals surface area (Å²) in [6.45, 7) is 3.49. The van der Waals surface area contributed by atoms with E-state index in [1.54, 1.807) is 7.11 Å². The molecule has 1 atom stereocenters. The molecule has 0 saturated heterocycles. The third-order valence-corrected chi connectivity index (χ3v) is 4.75. The summed E-state index contributed by atoms with van der Waals surface area (Å²) in [4.78, 5) is 12.7. The van der Waals surface area contributed by atoms with Crippen LogP contribution in [-0.4, -0.2) is 32.2 Å². The van der Waals surface area contributed by atoms with E-state index >= 15 is 0 Å². The summed E-state index contributed by atoms with van der Waals surface area (Å²) in [6.07, 6.45) is 0. The van der Waals surface area contributed by atoms with E-state index < -0.39 is 0 Å². The fraction of sp³-hybridized carbons (Fsp3) is 0.545. The van der Waals surface area contributed by atoms with Gasteiger partial charge in [0.15, 0.2) is 0 Å². The maximum atomic E-state index is 11.7. The van der Waals surface area contributed by atoms with Crippen LogP contribution in [0.1, 0.15) is 11.8 Å². The Morgan fingerprint density at radius 2 is 2.39 bits per heavy atom. The van der Waals surface area contributed by atoms with Crippen molar-refractivity contribution in [2.24, 2.45) is 0 Å². The van der Waals surface area contributed by atoms with Gasteiger partial charge in [0.05, 0.1) is 12.6 Å². The average molecular weight is 356 g/mol. The van der Waals surface area contributed by atoms with Crippen LogP contribution in [0.4, 0.5) is 0 Å². The zero-order chi connectivity index (χ0) is 13.5. The van der Waals surface area contributed by atoms with E-state index in [4.69, 9.17) is 16.3 Å². The van der Waals surface area contributed by atoms with E-state index in [0.717, 1.165) is 13.7 Å². The quantitative estimate of drug-likeness (QED) is 0.739. The monoisotopic (exact) mass is 354 g/mol. The van der Waals surface area contributed by atoms with Gasteiger partial charge in [0, 0.05) is 29.5 Å². The third kappa shape index (κ3) is 5.24. The van der Waals surface area contributed by atoms with Crippen LogP contribution in [0.5, 0.6) is 0 Å². The van der Waals surface area contributed by atoms with E-state index in [9.17, 15) is 4.79 Å². The molecule has 18 heavy (non-hydrogen) atoms. The van der Waals surface area contributed by atoms with Gasteiger partial charge in [-0.1, -0.05) is 11.6 Å². The standard InChI is InChI=1S/C11H16BrClN2O2S/c1-7(11(16)14-3-4-17-2)15-6-8-5-9(12)10(13)18-8/h5,7,15H,3-4,6H2,1-2H3,(H,14,16). The summed E-state index contributed by atoms with van der Waals surface area (Å²) in [5.74, 6) is -0.0335. The molecule has 102 valence electrons. The summed E-state index contributed by atoms with van der Waals surface area (Å²) in [5, 5.41) is 5.92. The van der Waals surface area contributed by atoms with Gasteiger partial charge < -0.3 is 15.4 Å². The van der Waals surface area contributed by atoms with Gasteiger partial charge in [-0.3, -0.25) is 4.79 Å². The van der Waals surface area contributed by atoms with Gasteiger partial charge in [-0.2, -0.15) is 0 Å². The number of methoxy groups -OCH3 is 1. The van der Waals surface area contributed by atoms with Crippen molar-refractivity contribution in [2.75, 3.05) is 20.3 Å².